The zero-order chi connectivity index (χ0) is 15.5. The Morgan fingerprint density at radius 1 is 1.19 bits per heavy atom. The minimum absolute atomic E-state index is 0.237. The van der Waals surface area contributed by atoms with Crippen LogP contribution in [0.15, 0.2) is 29.2 Å². The molecule has 0 unspecified atom stereocenters. The summed E-state index contributed by atoms with van der Waals surface area (Å²) in [5, 5.41) is 10.4. The number of hydrogen-bond acceptors (Lipinski definition) is 2. The number of carbonyl (C=O) groups is 1. The molecule has 0 aromatic heterocycles. The van der Waals surface area contributed by atoms with Gasteiger partial charge in [0.2, 0.25) is 0 Å². The fraction of sp³-hybridized carbons (Fsp3) is 0.588. The third-order valence-electron chi connectivity index (χ3n) is 4.40. The van der Waals surface area contributed by atoms with Gasteiger partial charge in [0.05, 0.1) is 0 Å². The first-order valence-electron chi connectivity index (χ1n) is 7.63. The standard InChI is InChI=1S/C17H23ClO2S/c1-3-9-16(10-4-2)11-17(12-16,15(19)20)21-14-7-5-13(18)6-8-14/h5-8H,3-4,9-12H2,1-2H3,(H,19,20). The summed E-state index contributed by atoms with van der Waals surface area (Å²) in [5.41, 5.74) is 0.237. The van der Waals surface area contributed by atoms with Crippen LogP contribution in [0.3, 0.4) is 0 Å². The van der Waals surface area contributed by atoms with Gasteiger partial charge >= 0.3 is 5.97 Å². The van der Waals surface area contributed by atoms with E-state index >= 15 is 0 Å². The van der Waals surface area contributed by atoms with E-state index in [4.69, 9.17) is 11.6 Å². The average Bonchev–Trinajstić information content (AvgIpc) is 2.39. The Morgan fingerprint density at radius 3 is 2.14 bits per heavy atom. The SMILES string of the molecule is CCCC1(CCC)CC(Sc2ccc(Cl)cc2)(C(=O)O)C1. The second-order valence-corrected chi connectivity index (χ2v) is 8.10. The van der Waals surface area contributed by atoms with E-state index in [2.05, 4.69) is 13.8 Å². The van der Waals surface area contributed by atoms with Crippen LogP contribution in [0.1, 0.15) is 52.4 Å². The molecule has 0 amide bonds. The summed E-state index contributed by atoms with van der Waals surface area (Å²) in [4.78, 5) is 12.8. The molecule has 4 heteroatoms. The third-order valence-corrected chi connectivity index (χ3v) is 6.01. The zero-order valence-corrected chi connectivity index (χ0v) is 14.3. The van der Waals surface area contributed by atoms with Crippen LogP contribution in [0.4, 0.5) is 0 Å². The Kier molecular flexibility index (Phi) is 5.26. The topological polar surface area (TPSA) is 37.3 Å². The molecule has 0 heterocycles. The minimum Gasteiger partial charge on any atom is -0.480 e. The monoisotopic (exact) mass is 326 g/mol. The molecule has 2 rings (SSSR count). The van der Waals surface area contributed by atoms with Gasteiger partial charge in [-0.3, -0.25) is 4.79 Å². The third kappa shape index (κ3) is 3.57. The number of benzene rings is 1. The minimum atomic E-state index is -0.676. The molecule has 0 radical (unpaired) electrons. The Labute approximate surface area is 136 Å². The maximum absolute atomic E-state index is 11.8. The Hall–Kier alpha value is -0.670. The van der Waals surface area contributed by atoms with Gasteiger partial charge in [0.25, 0.3) is 0 Å². The van der Waals surface area contributed by atoms with Crippen LogP contribution in [0.5, 0.6) is 0 Å². The molecule has 0 saturated heterocycles. The van der Waals surface area contributed by atoms with Gasteiger partial charge < -0.3 is 5.11 Å². The van der Waals surface area contributed by atoms with Crippen molar-refractivity contribution in [3.8, 4) is 0 Å². The molecule has 1 fully saturated rings. The average molecular weight is 327 g/mol. The smallest absolute Gasteiger partial charge is 0.320 e. The van der Waals surface area contributed by atoms with Crippen LogP contribution in [0, 0.1) is 5.41 Å². The first-order valence-corrected chi connectivity index (χ1v) is 8.83. The lowest BCUT2D eigenvalue weighted by atomic mass is 9.57. The highest BCUT2D eigenvalue weighted by Gasteiger charge is 2.58. The van der Waals surface area contributed by atoms with Crippen molar-refractivity contribution in [2.75, 3.05) is 0 Å². The first kappa shape index (κ1) is 16.7. The number of carboxylic acid groups (broad SMARTS) is 1. The molecular formula is C17H23ClO2S. The number of hydrogen-bond donors (Lipinski definition) is 1. The molecule has 116 valence electrons. The summed E-state index contributed by atoms with van der Waals surface area (Å²) in [5.74, 6) is -0.676. The van der Waals surface area contributed by atoms with E-state index < -0.39 is 10.7 Å². The van der Waals surface area contributed by atoms with Crippen molar-refractivity contribution >= 4 is 29.3 Å². The molecule has 1 aliphatic rings. The summed E-state index contributed by atoms with van der Waals surface area (Å²) in [7, 11) is 0. The first-order chi connectivity index (χ1) is 9.95. The normalized spacial score (nSPS) is 19.0. The lowest BCUT2D eigenvalue weighted by molar-refractivity contribution is -0.147. The van der Waals surface area contributed by atoms with E-state index in [0.717, 1.165) is 43.4 Å². The quantitative estimate of drug-likeness (QED) is 0.705. The lowest BCUT2D eigenvalue weighted by Gasteiger charge is -2.54. The van der Waals surface area contributed by atoms with Crippen molar-refractivity contribution < 1.29 is 9.90 Å². The van der Waals surface area contributed by atoms with Crippen LogP contribution >= 0.6 is 23.4 Å². The van der Waals surface area contributed by atoms with Crippen LogP contribution in [0.2, 0.25) is 5.02 Å². The van der Waals surface area contributed by atoms with Crippen molar-refractivity contribution in [2.24, 2.45) is 5.41 Å². The predicted octanol–water partition coefficient (Wildman–Crippen LogP) is 5.64. The largest absolute Gasteiger partial charge is 0.480 e. The molecule has 0 bridgehead atoms. The number of aliphatic carboxylic acids is 1. The van der Waals surface area contributed by atoms with E-state index in [0.29, 0.717) is 5.02 Å². The van der Waals surface area contributed by atoms with E-state index in [1.807, 2.05) is 24.3 Å². The molecule has 1 saturated carbocycles. The maximum Gasteiger partial charge on any atom is 0.320 e. The predicted molar refractivity (Wildman–Crippen MR) is 89.2 cm³/mol. The van der Waals surface area contributed by atoms with Gasteiger partial charge in [0.15, 0.2) is 0 Å². The maximum atomic E-state index is 11.8. The van der Waals surface area contributed by atoms with Crippen LogP contribution in [-0.4, -0.2) is 15.8 Å². The summed E-state index contributed by atoms with van der Waals surface area (Å²) in [6.45, 7) is 4.37. The molecule has 21 heavy (non-hydrogen) atoms. The Morgan fingerprint density at radius 2 is 1.71 bits per heavy atom. The van der Waals surface area contributed by atoms with Crippen LogP contribution in [-0.2, 0) is 4.79 Å². The molecule has 1 aromatic rings. The summed E-state index contributed by atoms with van der Waals surface area (Å²) < 4.78 is -0.655. The highest BCUT2D eigenvalue weighted by molar-refractivity contribution is 8.01. The second-order valence-electron chi connectivity index (χ2n) is 6.21. The van der Waals surface area contributed by atoms with Gasteiger partial charge in [-0.25, -0.2) is 0 Å². The molecular weight excluding hydrogens is 304 g/mol. The highest BCUT2D eigenvalue weighted by atomic mass is 35.5. The fourth-order valence-corrected chi connectivity index (χ4v) is 5.39. The van der Waals surface area contributed by atoms with Crippen LogP contribution in [0.25, 0.3) is 0 Å². The molecule has 1 aliphatic carbocycles. The highest BCUT2D eigenvalue weighted by Crippen LogP contribution is 2.61. The van der Waals surface area contributed by atoms with Crippen molar-refractivity contribution in [3.63, 3.8) is 0 Å². The van der Waals surface area contributed by atoms with E-state index in [1.165, 1.54) is 11.8 Å². The van der Waals surface area contributed by atoms with Gasteiger partial charge in [-0.2, -0.15) is 0 Å². The molecule has 0 spiro atoms. The number of halogens is 1. The Balaban J connectivity index is 2.13. The van der Waals surface area contributed by atoms with Crippen LogP contribution < -0.4 is 0 Å². The van der Waals surface area contributed by atoms with Gasteiger partial charge in [0, 0.05) is 9.92 Å². The molecule has 0 atom stereocenters. The van der Waals surface area contributed by atoms with Gasteiger partial charge in [0.1, 0.15) is 4.75 Å². The van der Waals surface area contributed by atoms with Gasteiger partial charge in [-0.05, 0) is 55.4 Å². The van der Waals surface area contributed by atoms with Crippen molar-refractivity contribution in [1.29, 1.82) is 0 Å². The summed E-state index contributed by atoms with van der Waals surface area (Å²) in [6.07, 6.45) is 6.09. The summed E-state index contributed by atoms with van der Waals surface area (Å²) in [6, 6.07) is 7.47. The fourth-order valence-electron chi connectivity index (χ4n) is 3.69. The number of thioether (sulfide) groups is 1. The van der Waals surface area contributed by atoms with Crippen molar-refractivity contribution in [2.45, 2.75) is 62.0 Å². The number of rotatable bonds is 7. The van der Waals surface area contributed by atoms with Gasteiger partial charge in [-0.15, -0.1) is 11.8 Å². The molecule has 1 N–H and O–H groups in total. The Bertz CT molecular complexity index is 484. The molecule has 1 aromatic carbocycles. The van der Waals surface area contributed by atoms with Gasteiger partial charge in [-0.1, -0.05) is 38.3 Å². The van der Waals surface area contributed by atoms with E-state index in [9.17, 15) is 9.90 Å². The second kappa shape index (κ2) is 6.62. The zero-order valence-electron chi connectivity index (χ0n) is 12.7. The van der Waals surface area contributed by atoms with E-state index in [-0.39, 0.29) is 5.41 Å². The molecule has 0 aliphatic heterocycles. The molecule has 2 nitrogen and oxygen atoms in total. The van der Waals surface area contributed by atoms with Crippen molar-refractivity contribution in [3.05, 3.63) is 29.3 Å². The van der Waals surface area contributed by atoms with E-state index in [1.54, 1.807) is 0 Å². The lowest BCUT2D eigenvalue weighted by Crippen LogP contribution is -2.54. The summed E-state index contributed by atoms with van der Waals surface area (Å²) >= 11 is 7.39. The van der Waals surface area contributed by atoms with Crippen molar-refractivity contribution in [1.82, 2.24) is 0 Å². The number of carboxylic acids is 1.